The predicted octanol–water partition coefficient (Wildman–Crippen LogP) is 0.195. The fourth-order valence-corrected chi connectivity index (χ4v) is 2.61. The highest BCUT2D eigenvalue weighted by atomic mass is 32.2. The van der Waals surface area contributed by atoms with Crippen molar-refractivity contribution >= 4 is 21.4 Å². The molecule has 10 heteroatoms. The summed E-state index contributed by atoms with van der Waals surface area (Å²) in [6, 6.07) is 3.51. The summed E-state index contributed by atoms with van der Waals surface area (Å²) in [6.45, 7) is 2.45. The maximum atomic E-state index is 12.0. The number of anilines is 1. The van der Waals surface area contributed by atoms with E-state index in [9.17, 15) is 18.5 Å². The molecule has 1 rings (SSSR count). The third-order valence-corrected chi connectivity index (χ3v) is 3.86. The molecule has 0 radical (unpaired) electrons. The number of sulfonamides is 1. The number of nitrogens with zero attached hydrogens (tertiary/aromatic N) is 1. The maximum Gasteiger partial charge on any atom is 0.291 e. The molecule has 0 fully saturated rings. The third kappa shape index (κ3) is 4.13. The van der Waals surface area contributed by atoms with Crippen molar-refractivity contribution in [1.29, 1.82) is 0 Å². The largest absolute Gasteiger partial charge is 0.380 e. The number of nitrogens with one attached hydrogen (secondary N) is 2. The van der Waals surface area contributed by atoms with Crippen LogP contribution in [0.2, 0.25) is 0 Å². The average molecular weight is 304 g/mol. The maximum absolute atomic E-state index is 12.0. The highest BCUT2D eigenvalue weighted by molar-refractivity contribution is 7.89. The minimum absolute atomic E-state index is 0.0320. The second kappa shape index (κ2) is 7.14. The van der Waals surface area contributed by atoms with Crippen LogP contribution in [0.3, 0.4) is 0 Å². The van der Waals surface area contributed by atoms with E-state index in [1.165, 1.54) is 6.07 Å². The van der Waals surface area contributed by atoms with Crippen molar-refractivity contribution < 1.29 is 18.1 Å². The van der Waals surface area contributed by atoms with Crippen molar-refractivity contribution in [2.75, 3.05) is 25.2 Å². The molecular weight excluding hydrogens is 288 g/mol. The van der Waals surface area contributed by atoms with Gasteiger partial charge in [0.1, 0.15) is 0 Å². The molecule has 0 amide bonds. The minimum atomic E-state index is -3.98. The van der Waals surface area contributed by atoms with Gasteiger partial charge in [-0.25, -0.2) is 13.1 Å². The summed E-state index contributed by atoms with van der Waals surface area (Å²) in [5.74, 6) is 5.14. The molecule has 0 spiro atoms. The molecule has 0 bridgehead atoms. The highest BCUT2D eigenvalue weighted by Crippen LogP contribution is 2.26. The minimum Gasteiger partial charge on any atom is -0.380 e. The second-order valence-electron chi connectivity index (χ2n) is 3.68. The first-order valence-corrected chi connectivity index (χ1v) is 7.23. The number of nitrogen functional groups attached to an aromatic ring is 1. The molecule has 0 aliphatic rings. The van der Waals surface area contributed by atoms with Crippen LogP contribution in [-0.4, -0.2) is 33.1 Å². The van der Waals surface area contributed by atoms with E-state index in [1.807, 2.05) is 0 Å². The van der Waals surface area contributed by atoms with Crippen LogP contribution in [0.15, 0.2) is 23.1 Å². The smallest absolute Gasteiger partial charge is 0.291 e. The Labute approximate surface area is 116 Å². The van der Waals surface area contributed by atoms with Crippen molar-refractivity contribution in [2.24, 2.45) is 5.84 Å². The molecule has 0 atom stereocenters. The van der Waals surface area contributed by atoms with Gasteiger partial charge in [-0.3, -0.25) is 16.0 Å². The lowest BCUT2D eigenvalue weighted by Gasteiger charge is -2.08. The molecule has 4 N–H and O–H groups in total. The van der Waals surface area contributed by atoms with E-state index in [4.69, 9.17) is 10.6 Å². The predicted molar refractivity (Wildman–Crippen MR) is 72.6 cm³/mol. The highest BCUT2D eigenvalue weighted by Gasteiger charge is 2.25. The number of rotatable bonds is 8. The lowest BCUT2D eigenvalue weighted by Crippen LogP contribution is -2.28. The molecule has 20 heavy (non-hydrogen) atoms. The summed E-state index contributed by atoms with van der Waals surface area (Å²) < 4.78 is 31.2. The lowest BCUT2D eigenvalue weighted by molar-refractivity contribution is -0.387. The Kier molecular flexibility index (Phi) is 5.82. The van der Waals surface area contributed by atoms with E-state index >= 15 is 0 Å². The SMILES string of the molecule is CCOCCNS(=O)(=O)c1ccc(NN)cc1[N+](=O)[O-]. The molecule has 0 unspecified atom stereocenters. The van der Waals surface area contributed by atoms with Crippen molar-refractivity contribution in [3.05, 3.63) is 28.3 Å². The van der Waals surface area contributed by atoms with Crippen LogP contribution in [-0.2, 0) is 14.8 Å². The topological polar surface area (TPSA) is 137 Å². The number of benzene rings is 1. The van der Waals surface area contributed by atoms with Gasteiger partial charge in [-0.15, -0.1) is 0 Å². The Balaban J connectivity index is 3.02. The van der Waals surface area contributed by atoms with E-state index in [0.29, 0.717) is 6.61 Å². The first-order chi connectivity index (χ1) is 9.42. The molecule has 112 valence electrons. The zero-order valence-electron chi connectivity index (χ0n) is 10.8. The number of hydrazine groups is 1. The molecule has 0 aromatic heterocycles. The third-order valence-electron chi connectivity index (χ3n) is 2.35. The molecule has 1 aromatic carbocycles. The number of hydrogen-bond acceptors (Lipinski definition) is 7. The van der Waals surface area contributed by atoms with Crippen LogP contribution in [0.25, 0.3) is 0 Å². The molecule has 0 saturated heterocycles. The van der Waals surface area contributed by atoms with Crippen LogP contribution in [0, 0.1) is 10.1 Å². The Bertz CT molecular complexity index is 575. The Morgan fingerprint density at radius 1 is 1.45 bits per heavy atom. The molecule has 0 heterocycles. The summed E-state index contributed by atoms with van der Waals surface area (Å²) >= 11 is 0. The lowest BCUT2D eigenvalue weighted by atomic mass is 10.3. The Hall–Kier alpha value is -1.75. The summed E-state index contributed by atoms with van der Waals surface area (Å²) in [5, 5.41) is 10.9. The van der Waals surface area contributed by atoms with Gasteiger partial charge in [-0.1, -0.05) is 0 Å². The summed E-state index contributed by atoms with van der Waals surface area (Å²) in [7, 11) is -3.98. The quantitative estimate of drug-likeness (QED) is 0.270. The van der Waals surface area contributed by atoms with Crippen LogP contribution in [0.1, 0.15) is 6.92 Å². The van der Waals surface area contributed by atoms with Gasteiger partial charge in [0.05, 0.1) is 17.2 Å². The molecule has 1 aromatic rings. The number of nitrogens with two attached hydrogens (primary N) is 1. The van der Waals surface area contributed by atoms with E-state index in [0.717, 1.165) is 12.1 Å². The van der Waals surface area contributed by atoms with Gasteiger partial charge in [-0.2, -0.15) is 0 Å². The normalized spacial score (nSPS) is 11.3. The van der Waals surface area contributed by atoms with Crippen LogP contribution < -0.4 is 16.0 Å². The molecule has 9 nitrogen and oxygen atoms in total. The molecule has 0 saturated carbocycles. The summed E-state index contributed by atoms with van der Waals surface area (Å²) in [5.41, 5.74) is 1.91. The first-order valence-electron chi connectivity index (χ1n) is 5.75. The summed E-state index contributed by atoms with van der Waals surface area (Å²) in [6.07, 6.45) is 0. The van der Waals surface area contributed by atoms with Crippen LogP contribution in [0.5, 0.6) is 0 Å². The molecular formula is C10H16N4O5S. The van der Waals surface area contributed by atoms with E-state index in [-0.39, 0.29) is 18.8 Å². The molecule has 0 aliphatic heterocycles. The number of nitro benzene ring substituents is 1. The molecule has 0 aliphatic carbocycles. The van der Waals surface area contributed by atoms with Crippen LogP contribution >= 0.6 is 0 Å². The van der Waals surface area contributed by atoms with Gasteiger partial charge in [0, 0.05) is 19.2 Å². The number of nitro groups is 1. The Morgan fingerprint density at radius 3 is 2.70 bits per heavy atom. The van der Waals surface area contributed by atoms with E-state index in [2.05, 4.69) is 10.1 Å². The number of hydrogen-bond donors (Lipinski definition) is 3. The van der Waals surface area contributed by atoms with E-state index < -0.39 is 25.5 Å². The van der Waals surface area contributed by atoms with Gasteiger partial charge in [0.2, 0.25) is 10.0 Å². The zero-order chi connectivity index (χ0) is 15.2. The fourth-order valence-electron chi connectivity index (χ4n) is 1.45. The van der Waals surface area contributed by atoms with Crippen molar-refractivity contribution in [3.8, 4) is 0 Å². The van der Waals surface area contributed by atoms with Crippen molar-refractivity contribution in [1.82, 2.24) is 4.72 Å². The van der Waals surface area contributed by atoms with E-state index in [1.54, 1.807) is 6.92 Å². The zero-order valence-corrected chi connectivity index (χ0v) is 11.6. The average Bonchev–Trinajstić information content (AvgIpc) is 2.42. The number of ether oxygens (including phenoxy) is 1. The van der Waals surface area contributed by atoms with Gasteiger partial charge in [0.15, 0.2) is 4.90 Å². The summed E-state index contributed by atoms with van der Waals surface area (Å²) in [4.78, 5) is 9.73. The standard InChI is InChI=1S/C10H16N4O5S/c1-2-19-6-5-12-20(17,18)10-4-3-8(13-11)7-9(10)14(15)16/h3-4,7,12-13H,2,5-6,11H2,1H3. The van der Waals surface area contributed by atoms with Crippen LogP contribution in [0.4, 0.5) is 11.4 Å². The van der Waals surface area contributed by atoms with Gasteiger partial charge in [-0.05, 0) is 19.1 Å². The van der Waals surface area contributed by atoms with Crippen molar-refractivity contribution in [2.45, 2.75) is 11.8 Å². The second-order valence-corrected chi connectivity index (χ2v) is 5.41. The Morgan fingerprint density at radius 2 is 2.15 bits per heavy atom. The first kappa shape index (κ1) is 16.3. The fraction of sp³-hybridized carbons (Fsp3) is 0.400. The van der Waals surface area contributed by atoms with Crippen molar-refractivity contribution in [3.63, 3.8) is 0 Å². The van der Waals surface area contributed by atoms with Gasteiger partial charge < -0.3 is 10.2 Å². The monoisotopic (exact) mass is 304 g/mol. The van der Waals surface area contributed by atoms with Gasteiger partial charge in [0.25, 0.3) is 5.69 Å². The van der Waals surface area contributed by atoms with Gasteiger partial charge >= 0.3 is 0 Å².